The van der Waals surface area contributed by atoms with Crippen LogP contribution in [0, 0.1) is 17.8 Å². The number of carbonyl (C=O) groups excluding carboxylic acids is 1. The van der Waals surface area contributed by atoms with Gasteiger partial charge in [-0.15, -0.1) is 0 Å². The van der Waals surface area contributed by atoms with Gasteiger partial charge in [0.15, 0.2) is 5.82 Å². The summed E-state index contributed by atoms with van der Waals surface area (Å²) >= 11 is 6.49. The molecule has 2 bridgehead atoms. The van der Waals surface area contributed by atoms with E-state index in [1.54, 1.807) is 13.2 Å². The van der Waals surface area contributed by atoms with E-state index in [0.717, 1.165) is 51.3 Å². The number of benzene rings is 1. The van der Waals surface area contributed by atoms with Crippen LogP contribution in [0.4, 0.5) is 17.5 Å². The van der Waals surface area contributed by atoms with Crippen LogP contribution in [-0.2, 0) is 22.4 Å². The number of hydrogen-bond donors (Lipinski definition) is 3. The maximum atomic E-state index is 12.6. The van der Waals surface area contributed by atoms with Crippen molar-refractivity contribution >= 4 is 35.0 Å². The van der Waals surface area contributed by atoms with Gasteiger partial charge in [0.05, 0.1) is 25.3 Å². The maximum Gasteiger partial charge on any atom is 0.229 e. The van der Waals surface area contributed by atoms with Crippen molar-refractivity contribution in [3.05, 3.63) is 52.7 Å². The quantitative estimate of drug-likeness (QED) is 0.392. The second-order valence-electron chi connectivity index (χ2n) is 10.6. The van der Waals surface area contributed by atoms with E-state index in [4.69, 9.17) is 21.3 Å². The van der Waals surface area contributed by atoms with Crippen LogP contribution in [0.25, 0.3) is 0 Å². The molecule has 5 atom stereocenters. The summed E-state index contributed by atoms with van der Waals surface area (Å²) in [5, 5.41) is 10.1. The molecule has 6 rings (SSSR count). The molecule has 1 amide bonds. The van der Waals surface area contributed by atoms with Crippen molar-refractivity contribution in [3.8, 4) is 0 Å². The van der Waals surface area contributed by atoms with E-state index in [1.165, 1.54) is 24.0 Å². The first-order valence-electron chi connectivity index (χ1n) is 13.5. The van der Waals surface area contributed by atoms with Gasteiger partial charge in [0.25, 0.3) is 0 Å². The van der Waals surface area contributed by atoms with Gasteiger partial charge in [0.1, 0.15) is 5.02 Å². The average molecular weight is 523 g/mol. The third kappa shape index (κ3) is 5.07. The van der Waals surface area contributed by atoms with Crippen molar-refractivity contribution in [3.63, 3.8) is 0 Å². The Balaban J connectivity index is 1.15. The van der Waals surface area contributed by atoms with Crippen LogP contribution >= 0.6 is 11.6 Å². The number of anilines is 3. The van der Waals surface area contributed by atoms with Gasteiger partial charge in [0, 0.05) is 37.9 Å². The van der Waals surface area contributed by atoms with E-state index in [-0.39, 0.29) is 23.8 Å². The van der Waals surface area contributed by atoms with Gasteiger partial charge >= 0.3 is 0 Å². The number of fused-ring (bicyclic) bond motifs is 3. The number of nitrogens with zero attached hydrogens (tertiary/aromatic N) is 3. The van der Waals surface area contributed by atoms with E-state index in [9.17, 15) is 4.79 Å². The molecule has 2 aromatic rings. The molecular formula is C28H35ClN6O2. The first-order chi connectivity index (χ1) is 18.1. The van der Waals surface area contributed by atoms with Gasteiger partial charge in [-0.1, -0.05) is 29.8 Å². The van der Waals surface area contributed by atoms with Crippen molar-refractivity contribution in [2.24, 2.45) is 17.8 Å². The van der Waals surface area contributed by atoms with E-state index < -0.39 is 0 Å². The zero-order chi connectivity index (χ0) is 25.4. The molecule has 1 aromatic carbocycles. The molecule has 0 spiro atoms. The zero-order valence-electron chi connectivity index (χ0n) is 21.3. The van der Waals surface area contributed by atoms with Crippen LogP contribution in [0.15, 0.2) is 36.5 Å². The number of morpholine rings is 1. The molecule has 1 aliphatic heterocycles. The number of nitrogens with one attached hydrogen (secondary N) is 3. The summed E-state index contributed by atoms with van der Waals surface area (Å²) in [6.45, 7) is 3.78. The molecule has 3 aliphatic carbocycles. The SMILES string of the molecule is CNC(=O)[C@H]1[C@@H](Nc2nc(Nc3ccc4c(c3)CCC(N3CCOCC3)CC4)ncc2Cl)[C@@H]2C=C[C@H]1C2. The fourth-order valence-corrected chi connectivity index (χ4v) is 6.78. The highest BCUT2D eigenvalue weighted by Gasteiger charge is 2.48. The second-order valence-corrected chi connectivity index (χ2v) is 11.0. The van der Waals surface area contributed by atoms with E-state index in [1.807, 2.05) is 0 Å². The lowest BCUT2D eigenvalue weighted by Crippen LogP contribution is -2.43. The van der Waals surface area contributed by atoms with Crippen molar-refractivity contribution in [1.29, 1.82) is 0 Å². The van der Waals surface area contributed by atoms with Gasteiger partial charge in [-0.3, -0.25) is 9.69 Å². The first-order valence-corrected chi connectivity index (χ1v) is 13.9. The van der Waals surface area contributed by atoms with Gasteiger partial charge in [-0.05, 0) is 67.2 Å². The molecule has 3 N–H and O–H groups in total. The third-order valence-electron chi connectivity index (χ3n) is 8.57. The molecule has 196 valence electrons. The van der Waals surface area contributed by atoms with E-state index in [0.29, 0.717) is 28.7 Å². The van der Waals surface area contributed by atoms with Crippen molar-refractivity contribution in [2.75, 3.05) is 44.0 Å². The Labute approximate surface area is 223 Å². The summed E-state index contributed by atoms with van der Waals surface area (Å²) in [5.74, 6) is 1.51. The maximum absolute atomic E-state index is 12.6. The molecule has 1 unspecified atom stereocenters. The third-order valence-corrected chi connectivity index (χ3v) is 8.85. The molecule has 9 heteroatoms. The summed E-state index contributed by atoms with van der Waals surface area (Å²) in [4.78, 5) is 24.3. The van der Waals surface area contributed by atoms with Crippen LogP contribution < -0.4 is 16.0 Å². The fourth-order valence-electron chi connectivity index (χ4n) is 6.64. The standard InChI is InChI=1S/C28H35ClN6O2/c1-30-27(36)24-19-2-3-20(14-19)25(24)33-26-23(29)16-31-28(34-26)32-21-7-4-17-5-8-22(9-6-18(17)15-21)35-10-12-37-13-11-35/h2-4,7,15-16,19-20,22,24-25H,5-6,8-14H2,1H3,(H,30,36)(H2,31,32,33,34)/t19-,20+,22?,24+,25-/m0/s1. The number of amides is 1. The summed E-state index contributed by atoms with van der Waals surface area (Å²) in [5.41, 5.74) is 3.81. The number of carbonyl (C=O) groups is 1. The van der Waals surface area contributed by atoms with Crippen molar-refractivity contribution in [2.45, 2.75) is 44.2 Å². The Morgan fingerprint density at radius 2 is 1.89 bits per heavy atom. The molecule has 0 radical (unpaired) electrons. The molecule has 4 aliphatic rings. The predicted molar refractivity (Wildman–Crippen MR) is 145 cm³/mol. The van der Waals surface area contributed by atoms with Gasteiger partial charge in [-0.25, -0.2) is 4.98 Å². The lowest BCUT2D eigenvalue weighted by atomic mass is 9.88. The van der Waals surface area contributed by atoms with Crippen LogP contribution in [0.3, 0.4) is 0 Å². The second kappa shape index (κ2) is 10.6. The molecule has 2 heterocycles. The summed E-state index contributed by atoms with van der Waals surface area (Å²) in [6, 6.07) is 7.18. The predicted octanol–water partition coefficient (Wildman–Crippen LogP) is 3.80. The minimum atomic E-state index is -0.131. The van der Waals surface area contributed by atoms with Gasteiger partial charge < -0.3 is 20.7 Å². The van der Waals surface area contributed by atoms with Gasteiger partial charge in [-0.2, -0.15) is 4.98 Å². The molecule has 8 nitrogen and oxygen atoms in total. The number of halogens is 1. The molecule has 1 saturated heterocycles. The number of hydrogen-bond acceptors (Lipinski definition) is 7. The van der Waals surface area contributed by atoms with Crippen LogP contribution in [0.5, 0.6) is 0 Å². The molecular weight excluding hydrogens is 488 g/mol. The normalized spacial score (nSPS) is 29.0. The number of aryl methyl sites for hydroxylation is 2. The van der Waals surface area contributed by atoms with E-state index >= 15 is 0 Å². The average Bonchev–Trinajstić information content (AvgIpc) is 3.46. The van der Waals surface area contributed by atoms with E-state index in [2.05, 4.69) is 56.2 Å². The topological polar surface area (TPSA) is 91.4 Å². The van der Waals surface area contributed by atoms with Crippen LogP contribution in [0.2, 0.25) is 5.02 Å². The van der Waals surface area contributed by atoms with Crippen LogP contribution in [0.1, 0.15) is 30.4 Å². The lowest BCUT2D eigenvalue weighted by molar-refractivity contribution is -0.125. The highest BCUT2D eigenvalue weighted by molar-refractivity contribution is 6.32. The highest BCUT2D eigenvalue weighted by atomic mass is 35.5. The van der Waals surface area contributed by atoms with Crippen molar-refractivity contribution < 1.29 is 9.53 Å². The molecule has 1 saturated carbocycles. The monoisotopic (exact) mass is 522 g/mol. The Morgan fingerprint density at radius 3 is 2.70 bits per heavy atom. The first kappa shape index (κ1) is 24.6. The fraction of sp³-hybridized carbons (Fsp3) is 0.536. The van der Waals surface area contributed by atoms with Gasteiger partial charge in [0.2, 0.25) is 11.9 Å². The molecule has 1 aromatic heterocycles. The Hall–Kier alpha value is -2.68. The number of aromatic nitrogens is 2. The highest BCUT2D eigenvalue weighted by Crippen LogP contribution is 2.45. The minimum absolute atomic E-state index is 0.0397. The Kier molecular flexibility index (Phi) is 7.06. The Morgan fingerprint density at radius 1 is 1.11 bits per heavy atom. The number of ether oxygens (including phenoxy) is 1. The Bertz CT molecular complexity index is 1180. The lowest BCUT2D eigenvalue weighted by Gasteiger charge is -2.33. The van der Waals surface area contributed by atoms with Crippen molar-refractivity contribution in [1.82, 2.24) is 20.2 Å². The number of allylic oxidation sites excluding steroid dienone is 1. The summed E-state index contributed by atoms with van der Waals surface area (Å²) < 4.78 is 5.55. The minimum Gasteiger partial charge on any atom is -0.379 e. The summed E-state index contributed by atoms with van der Waals surface area (Å²) in [7, 11) is 1.69. The molecule has 2 fully saturated rings. The molecule has 37 heavy (non-hydrogen) atoms. The smallest absolute Gasteiger partial charge is 0.229 e. The van der Waals surface area contributed by atoms with Crippen LogP contribution in [-0.4, -0.2) is 66.2 Å². The summed E-state index contributed by atoms with van der Waals surface area (Å²) in [6.07, 6.45) is 11.5. The number of rotatable bonds is 6. The largest absolute Gasteiger partial charge is 0.379 e. The zero-order valence-corrected chi connectivity index (χ0v) is 22.0.